The number of amidine groups is 1. The van der Waals surface area contributed by atoms with Gasteiger partial charge in [-0.15, -0.1) is 5.10 Å². The molecule has 152 valence electrons. The highest BCUT2D eigenvalue weighted by molar-refractivity contribution is 8.15. The second-order valence-corrected chi connectivity index (χ2v) is 8.46. The van der Waals surface area contributed by atoms with Crippen LogP contribution >= 0.6 is 35.0 Å². The molecule has 1 aliphatic heterocycles. The van der Waals surface area contributed by atoms with E-state index in [-0.39, 0.29) is 11.2 Å². The van der Waals surface area contributed by atoms with Crippen molar-refractivity contribution in [3.8, 4) is 5.75 Å². The van der Waals surface area contributed by atoms with Crippen molar-refractivity contribution in [1.29, 1.82) is 0 Å². The predicted molar refractivity (Wildman–Crippen MR) is 122 cm³/mol. The number of thioether (sulfide) groups is 1. The monoisotopic (exact) mass is 449 g/mol. The van der Waals surface area contributed by atoms with Crippen molar-refractivity contribution >= 4 is 52.3 Å². The summed E-state index contributed by atoms with van der Waals surface area (Å²) in [6.45, 7) is 2.78. The Morgan fingerprint density at radius 3 is 2.86 bits per heavy atom. The first-order valence-electron chi connectivity index (χ1n) is 9.31. The molecular formula is C21H21Cl2N3O2S. The van der Waals surface area contributed by atoms with E-state index in [1.54, 1.807) is 18.3 Å². The number of nitrogens with zero attached hydrogens (tertiary/aromatic N) is 2. The summed E-state index contributed by atoms with van der Waals surface area (Å²) in [7, 11) is 0. The van der Waals surface area contributed by atoms with Gasteiger partial charge in [0.2, 0.25) is 5.91 Å². The van der Waals surface area contributed by atoms with Crippen LogP contribution in [0, 0.1) is 0 Å². The van der Waals surface area contributed by atoms with Gasteiger partial charge in [-0.3, -0.25) is 4.79 Å². The fourth-order valence-corrected chi connectivity index (χ4v) is 4.10. The normalized spacial score (nSPS) is 17.8. The molecule has 0 spiro atoms. The molecule has 2 aromatic carbocycles. The molecule has 1 atom stereocenters. The molecule has 1 amide bonds. The van der Waals surface area contributed by atoms with Crippen LogP contribution in [0.2, 0.25) is 10.0 Å². The fraction of sp³-hybridized carbons (Fsp3) is 0.286. The summed E-state index contributed by atoms with van der Waals surface area (Å²) in [5.74, 6) is 0.654. The average molecular weight is 450 g/mol. The number of benzene rings is 2. The highest BCUT2D eigenvalue weighted by Crippen LogP contribution is 2.28. The standard InChI is InChI=1S/C21H21Cl2N3O2S/c1-2-3-10-28-18-7-5-4-6-15(18)13-24-26-21-25-20(27)19(29-21)11-14-8-9-16(22)12-17(14)23/h4-9,12-13,19H,2-3,10-11H2,1H3,(H,25,26,27)/b24-13+. The summed E-state index contributed by atoms with van der Waals surface area (Å²) >= 11 is 13.5. The van der Waals surface area contributed by atoms with Gasteiger partial charge in [0.1, 0.15) is 5.75 Å². The molecule has 0 saturated carbocycles. The van der Waals surface area contributed by atoms with Gasteiger partial charge in [0.25, 0.3) is 0 Å². The summed E-state index contributed by atoms with van der Waals surface area (Å²) in [5, 5.41) is 12.3. The fourth-order valence-electron chi connectivity index (χ4n) is 2.66. The van der Waals surface area contributed by atoms with E-state index in [9.17, 15) is 4.79 Å². The lowest BCUT2D eigenvalue weighted by Gasteiger charge is -2.07. The molecule has 0 radical (unpaired) electrons. The molecule has 1 heterocycles. The van der Waals surface area contributed by atoms with Gasteiger partial charge in [0.05, 0.1) is 18.1 Å². The minimum absolute atomic E-state index is 0.113. The van der Waals surface area contributed by atoms with E-state index in [1.165, 1.54) is 11.8 Å². The minimum Gasteiger partial charge on any atom is -0.493 e. The first kappa shape index (κ1) is 21.7. The van der Waals surface area contributed by atoms with E-state index < -0.39 is 0 Å². The Kier molecular flexibility index (Phi) is 7.98. The van der Waals surface area contributed by atoms with Crippen LogP contribution in [0.3, 0.4) is 0 Å². The van der Waals surface area contributed by atoms with E-state index in [1.807, 2.05) is 30.3 Å². The number of hydrogen-bond donors (Lipinski definition) is 1. The second kappa shape index (κ2) is 10.7. The largest absolute Gasteiger partial charge is 0.493 e. The zero-order valence-electron chi connectivity index (χ0n) is 15.9. The predicted octanol–water partition coefficient (Wildman–Crippen LogP) is 5.34. The van der Waals surface area contributed by atoms with Crippen LogP contribution in [0.15, 0.2) is 52.7 Å². The van der Waals surface area contributed by atoms with E-state index in [0.29, 0.717) is 28.2 Å². The van der Waals surface area contributed by atoms with Crippen molar-refractivity contribution in [2.45, 2.75) is 31.4 Å². The third-order valence-electron chi connectivity index (χ3n) is 4.22. The van der Waals surface area contributed by atoms with E-state index in [2.05, 4.69) is 22.4 Å². The number of hydrogen-bond acceptors (Lipinski definition) is 5. The maximum atomic E-state index is 12.2. The SMILES string of the molecule is CCCCOc1ccccc1/C=N/N=C1\NC(=O)C(Cc2ccc(Cl)cc2Cl)S1. The Morgan fingerprint density at radius 1 is 1.24 bits per heavy atom. The van der Waals surface area contributed by atoms with Crippen molar-refractivity contribution in [3.05, 3.63) is 63.6 Å². The Balaban J connectivity index is 1.63. The van der Waals surface area contributed by atoms with Crippen molar-refractivity contribution in [3.63, 3.8) is 0 Å². The Hall–Kier alpha value is -2.02. The van der Waals surface area contributed by atoms with Crippen LogP contribution in [0.25, 0.3) is 0 Å². The van der Waals surface area contributed by atoms with Gasteiger partial charge in [0.15, 0.2) is 5.17 Å². The highest BCUT2D eigenvalue weighted by atomic mass is 35.5. The Morgan fingerprint density at radius 2 is 2.07 bits per heavy atom. The maximum Gasteiger partial charge on any atom is 0.239 e. The minimum atomic E-state index is -0.313. The third kappa shape index (κ3) is 6.23. The lowest BCUT2D eigenvalue weighted by atomic mass is 10.1. The first-order valence-corrected chi connectivity index (χ1v) is 10.9. The van der Waals surface area contributed by atoms with Gasteiger partial charge < -0.3 is 10.1 Å². The number of carbonyl (C=O) groups excluding carboxylic acids is 1. The topological polar surface area (TPSA) is 63.1 Å². The molecule has 2 aromatic rings. The number of para-hydroxylation sites is 1. The lowest BCUT2D eigenvalue weighted by molar-refractivity contribution is -0.118. The molecule has 29 heavy (non-hydrogen) atoms. The molecule has 0 aromatic heterocycles. The summed E-state index contributed by atoms with van der Waals surface area (Å²) in [6.07, 6.45) is 4.19. The molecule has 1 aliphatic rings. The molecule has 8 heteroatoms. The van der Waals surface area contributed by atoms with E-state index in [0.717, 1.165) is 29.7 Å². The molecular weight excluding hydrogens is 429 g/mol. The van der Waals surface area contributed by atoms with E-state index in [4.69, 9.17) is 27.9 Å². The summed E-state index contributed by atoms with van der Waals surface area (Å²) in [4.78, 5) is 12.2. The number of unbranched alkanes of at least 4 members (excludes halogenated alkanes) is 1. The Labute approximate surface area is 184 Å². The van der Waals surface area contributed by atoms with Crippen LogP contribution in [-0.2, 0) is 11.2 Å². The molecule has 0 aliphatic carbocycles. The van der Waals surface area contributed by atoms with Crippen LogP contribution in [0.4, 0.5) is 0 Å². The van der Waals surface area contributed by atoms with Crippen LogP contribution < -0.4 is 10.1 Å². The lowest BCUT2D eigenvalue weighted by Crippen LogP contribution is -2.26. The average Bonchev–Trinajstić information content (AvgIpc) is 3.04. The zero-order valence-corrected chi connectivity index (χ0v) is 18.2. The summed E-state index contributed by atoms with van der Waals surface area (Å²) < 4.78 is 5.78. The number of carbonyl (C=O) groups is 1. The van der Waals surface area contributed by atoms with Crippen molar-refractivity contribution in [1.82, 2.24) is 5.32 Å². The second-order valence-electron chi connectivity index (χ2n) is 6.43. The molecule has 1 fully saturated rings. The smallest absolute Gasteiger partial charge is 0.239 e. The molecule has 3 rings (SSSR count). The molecule has 5 nitrogen and oxygen atoms in total. The molecule has 0 bridgehead atoms. The summed E-state index contributed by atoms with van der Waals surface area (Å²) in [5.41, 5.74) is 1.71. The number of amides is 1. The first-order chi connectivity index (χ1) is 14.1. The molecule has 1 N–H and O–H groups in total. The number of halogens is 2. The Bertz CT molecular complexity index is 934. The van der Waals surface area contributed by atoms with Crippen molar-refractivity contribution in [2.24, 2.45) is 10.2 Å². The van der Waals surface area contributed by atoms with Crippen LogP contribution in [0.5, 0.6) is 5.75 Å². The quantitative estimate of drug-likeness (QED) is 0.336. The number of ether oxygens (including phenoxy) is 1. The van der Waals surface area contributed by atoms with Gasteiger partial charge in [0, 0.05) is 15.6 Å². The highest BCUT2D eigenvalue weighted by Gasteiger charge is 2.31. The van der Waals surface area contributed by atoms with Crippen LogP contribution in [0.1, 0.15) is 30.9 Å². The van der Waals surface area contributed by atoms with E-state index >= 15 is 0 Å². The van der Waals surface area contributed by atoms with Crippen molar-refractivity contribution < 1.29 is 9.53 Å². The number of nitrogens with one attached hydrogen (secondary N) is 1. The molecule has 1 saturated heterocycles. The van der Waals surface area contributed by atoms with Gasteiger partial charge >= 0.3 is 0 Å². The zero-order chi connectivity index (χ0) is 20.6. The van der Waals surface area contributed by atoms with Crippen molar-refractivity contribution in [2.75, 3.05) is 6.61 Å². The third-order valence-corrected chi connectivity index (χ3v) is 5.88. The van der Waals surface area contributed by atoms with Gasteiger partial charge in [-0.2, -0.15) is 5.10 Å². The number of rotatable bonds is 8. The summed E-state index contributed by atoms with van der Waals surface area (Å²) in [6, 6.07) is 12.9. The van der Waals surface area contributed by atoms with Gasteiger partial charge in [-0.1, -0.05) is 66.5 Å². The van der Waals surface area contributed by atoms with Crippen LogP contribution in [-0.4, -0.2) is 29.1 Å². The van der Waals surface area contributed by atoms with Gasteiger partial charge in [-0.25, -0.2) is 0 Å². The maximum absolute atomic E-state index is 12.2. The molecule has 1 unspecified atom stereocenters. The van der Waals surface area contributed by atoms with Gasteiger partial charge in [-0.05, 0) is 42.7 Å².